The van der Waals surface area contributed by atoms with Crippen LogP contribution in [0.25, 0.3) is 0 Å². The van der Waals surface area contributed by atoms with Gasteiger partial charge in [-0.3, -0.25) is 9.59 Å². The summed E-state index contributed by atoms with van der Waals surface area (Å²) in [6.45, 7) is 11.7. The molecule has 0 aliphatic carbocycles. The van der Waals surface area contributed by atoms with Crippen LogP contribution >= 0.6 is 0 Å². The summed E-state index contributed by atoms with van der Waals surface area (Å²) in [7, 11) is 0. The number of hydrogen-bond acceptors (Lipinski definition) is 3. The number of carbonyl (C=O) groups is 2. The summed E-state index contributed by atoms with van der Waals surface area (Å²) in [4.78, 5) is 23.5. The van der Waals surface area contributed by atoms with Crippen LogP contribution in [0.15, 0.2) is 0 Å². The van der Waals surface area contributed by atoms with Crippen LogP contribution in [0.4, 0.5) is 0 Å². The number of aliphatic carboxylic acids is 1. The minimum absolute atomic E-state index is 0.0740. The van der Waals surface area contributed by atoms with Crippen molar-refractivity contribution in [2.24, 2.45) is 23.2 Å². The van der Waals surface area contributed by atoms with Gasteiger partial charge in [0.25, 0.3) is 0 Å². The van der Waals surface area contributed by atoms with Crippen LogP contribution in [0.2, 0.25) is 0 Å². The Morgan fingerprint density at radius 1 is 1.16 bits per heavy atom. The first kappa shape index (κ1) is 17.9. The highest BCUT2D eigenvalue weighted by atomic mass is 16.5. The van der Waals surface area contributed by atoms with Crippen LogP contribution in [0, 0.1) is 23.2 Å². The summed E-state index contributed by atoms with van der Waals surface area (Å²) in [5.41, 5.74) is -0.879. The molecule has 4 nitrogen and oxygen atoms in total. The molecule has 0 fully saturated rings. The van der Waals surface area contributed by atoms with Crippen molar-refractivity contribution in [3.63, 3.8) is 0 Å². The van der Waals surface area contributed by atoms with Crippen LogP contribution < -0.4 is 0 Å². The minimum atomic E-state index is -0.879. The topological polar surface area (TPSA) is 63.6 Å². The summed E-state index contributed by atoms with van der Waals surface area (Å²) >= 11 is 0. The van der Waals surface area contributed by atoms with Crippen LogP contribution in [0.5, 0.6) is 0 Å². The number of hydrogen-bond donors (Lipinski definition) is 1. The standard InChI is InChI=1S/C15H28O4/c1-7-19-13(16)12(11(4)5)9-15(6,14(17)18)8-10(2)3/h10-12H,7-9H2,1-6H3,(H,17,18). The Morgan fingerprint density at radius 3 is 2.00 bits per heavy atom. The monoisotopic (exact) mass is 272 g/mol. The molecule has 0 heterocycles. The van der Waals surface area contributed by atoms with E-state index >= 15 is 0 Å². The first-order valence-corrected chi connectivity index (χ1v) is 7.04. The lowest BCUT2D eigenvalue weighted by atomic mass is 9.72. The van der Waals surface area contributed by atoms with Gasteiger partial charge in [-0.2, -0.15) is 0 Å². The fourth-order valence-electron chi connectivity index (χ4n) is 2.48. The zero-order valence-corrected chi connectivity index (χ0v) is 13.0. The van der Waals surface area contributed by atoms with Gasteiger partial charge in [0.1, 0.15) is 0 Å². The van der Waals surface area contributed by atoms with Gasteiger partial charge in [0, 0.05) is 0 Å². The van der Waals surface area contributed by atoms with E-state index in [1.165, 1.54) is 0 Å². The third kappa shape index (κ3) is 5.62. The second-order valence-electron chi connectivity index (χ2n) is 6.27. The van der Waals surface area contributed by atoms with Crippen molar-refractivity contribution in [3.05, 3.63) is 0 Å². The van der Waals surface area contributed by atoms with Crippen molar-refractivity contribution < 1.29 is 19.4 Å². The predicted molar refractivity (Wildman–Crippen MR) is 74.8 cm³/mol. The minimum Gasteiger partial charge on any atom is -0.481 e. The van der Waals surface area contributed by atoms with E-state index in [1.807, 2.05) is 27.7 Å². The van der Waals surface area contributed by atoms with Gasteiger partial charge in [0.2, 0.25) is 0 Å². The molecule has 4 heteroatoms. The van der Waals surface area contributed by atoms with Crippen LogP contribution in [-0.4, -0.2) is 23.7 Å². The van der Waals surface area contributed by atoms with Crippen molar-refractivity contribution in [1.29, 1.82) is 0 Å². The Kier molecular flexibility index (Phi) is 7.09. The van der Waals surface area contributed by atoms with Crippen LogP contribution in [-0.2, 0) is 14.3 Å². The predicted octanol–water partition coefficient (Wildman–Crippen LogP) is 3.35. The fourth-order valence-corrected chi connectivity index (χ4v) is 2.48. The zero-order chi connectivity index (χ0) is 15.2. The van der Waals surface area contributed by atoms with Gasteiger partial charge in [0.15, 0.2) is 0 Å². The Morgan fingerprint density at radius 2 is 1.68 bits per heavy atom. The molecule has 0 bridgehead atoms. The molecule has 0 rings (SSSR count). The molecule has 0 aromatic heterocycles. The second-order valence-corrected chi connectivity index (χ2v) is 6.27. The van der Waals surface area contributed by atoms with Crippen molar-refractivity contribution in [1.82, 2.24) is 0 Å². The maximum atomic E-state index is 12.0. The summed E-state index contributed by atoms with van der Waals surface area (Å²) in [5.74, 6) is -1.13. The fraction of sp³-hybridized carbons (Fsp3) is 0.867. The molecule has 0 saturated heterocycles. The van der Waals surface area contributed by atoms with Crippen LogP contribution in [0.1, 0.15) is 54.4 Å². The zero-order valence-electron chi connectivity index (χ0n) is 13.0. The van der Waals surface area contributed by atoms with Crippen molar-refractivity contribution in [2.45, 2.75) is 54.4 Å². The Balaban J connectivity index is 5.05. The van der Waals surface area contributed by atoms with Crippen molar-refractivity contribution in [2.75, 3.05) is 6.61 Å². The lowest BCUT2D eigenvalue weighted by molar-refractivity contribution is -0.156. The quantitative estimate of drug-likeness (QED) is 0.688. The summed E-state index contributed by atoms with van der Waals surface area (Å²) in [6.07, 6.45) is 0.891. The number of ether oxygens (including phenoxy) is 1. The number of carbonyl (C=O) groups excluding carboxylic acids is 1. The van der Waals surface area contributed by atoms with Gasteiger partial charge in [-0.05, 0) is 38.5 Å². The number of rotatable bonds is 8. The third-order valence-electron chi connectivity index (χ3n) is 3.44. The SMILES string of the molecule is CCOC(=O)C(CC(C)(CC(C)C)C(=O)O)C(C)C. The number of carboxylic acids is 1. The molecule has 19 heavy (non-hydrogen) atoms. The molecular weight excluding hydrogens is 244 g/mol. The molecule has 0 amide bonds. The maximum absolute atomic E-state index is 12.0. The molecule has 2 unspecified atom stereocenters. The highest BCUT2D eigenvalue weighted by molar-refractivity contribution is 5.77. The van der Waals surface area contributed by atoms with Gasteiger partial charge >= 0.3 is 11.9 Å². The molecule has 2 atom stereocenters. The van der Waals surface area contributed by atoms with E-state index < -0.39 is 11.4 Å². The van der Waals surface area contributed by atoms with Gasteiger partial charge in [-0.25, -0.2) is 0 Å². The third-order valence-corrected chi connectivity index (χ3v) is 3.44. The molecule has 0 aliphatic heterocycles. The van der Waals surface area contributed by atoms with Crippen molar-refractivity contribution in [3.8, 4) is 0 Å². The van der Waals surface area contributed by atoms with Crippen LogP contribution in [0.3, 0.4) is 0 Å². The summed E-state index contributed by atoms with van der Waals surface area (Å²) in [6, 6.07) is 0. The Labute approximate surface area is 116 Å². The maximum Gasteiger partial charge on any atom is 0.309 e. The van der Waals surface area contributed by atoms with Gasteiger partial charge in [0.05, 0.1) is 17.9 Å². The molecule has 0 aliphatic rings. The smallest absolute Gasteiger partial charge is 0.309 e. The summed E-state index contributed by atoms with van der Waals surface area (Å²) < 4.78 is 5.06. The van der Waals surface area contributed by atoms with E-state index in [0.717, 1.165) is 0 Å². The molecule has 0 aromatic rings. The first-order chi connectivity index (χ1) is 8.64. The van der Waals surface area contributed by atoms with E-state index in [2.05, 4.69) is 0 Å². The lowest BCUT2D eigenvalue weighted by Crippen LogP contribution is -2.36. The average molecular weight is 272 g/mol. The van der Waals surface area contributed by atoms with Gasteiger partial charge < -0.3 is 9.84 Å². The average Bonchev–Trinajstić information content (AvgIpc) is 2.24. The molecule has 0 aromatic carbocycles. The van der Waals surface area contributed by atoms with Crippen molar-refractivity contribution >= 4 is 11.9 Å². The molecule has 112 valence electrons. The van der Waals surface area contributed by atoms with E-state index in [-0.39, 0.29) is 23.7 Å². The Hall–Kier alpha value is -1.06. The van der Waals surface area contributed by atoms with E-state index in [1.54, 1.807) is 13.8 Å². The molecule has 1 N–H and O–H groups in total. The number of carboxylic acid groups (broad SMARTS) is 1. The molecule has 0 saturated carbocycles. The van der Waals surface area contributed by atoms with Gasteiger partial charge in [-0.15, -0.1) is 0 Å². The van der Waals surface area contributed by atoms with E-state index in [9.17, 15) is 14.7 Å². The highest BCUT2D eigenvalue weighted by Crippen LogP contribution is 2.36. The second kappa shape index (κ2) is 7.51. The molecular formula is C15H28O4. The highest BCUT2D eigenvalue weighted by Gasteiger charge is 2.39. The molecule has 0 radical (unpaired) electrons. The normalized spacial score (nSPS) is 16.2. The lowest BCUT2D eigenvalue weighted by Gasteiger charge is -2.31. The largest absolute Gasteiger partial charge is 0.481 e. The Bertz CT molecular complexity index is 309. The molecule has 0 spiro atoms. The van der Waals surface area contributed by atoms with E-state index in [4.69, 9.17) is 4.74 Å². The number of esters is 1. The first-order valence-electron chi connectivity index (χ1n) is 7.04. The van der Waals surface area contributed by atoms with E-state index in [0.29, 0.717) is 19.4 Å². The summed E-state index contributed by atoms with van der Waals surface area (Å²) in [5, 5.41) is 9.47. The van der Waals surface area contributed by atoms with Gasteiger partial charge in [-0.1, -0.05) is 27.7 Å².